The molecule has 4 rings (SSSR count). The summed E-state index contributed by atoms with van der Waals surface area (Å²) in [4.78, 5) is 45.0. The zero-order valence-corrected chi connectivity index (χ0v) is 19.8. The Labute approximate surface area is 200 Å². The number of benzene rings is 2. The summed E-state index contributed by atoms with van der Waals surface area (Å²) in [6.07, 6.45) is 3.34. The van der Waals surface area contributed by atoms with Crippen molar-refractivity contribution in [1.29, 1.82) is 0 Å². The summed E-state index contributed by atoms with van der Waals surface area (Å²) < 4.78 is 0. The van der Waals surface area contributed by atoms with Gasteiger partial charge in [0.15, 0.2) is 5.78 Å². The predicted octanol–water partition coefficient (Wildman–Crippen LogP) is 3.73. The van der Waals surface area contributed by atoms with Crippen molar-refractivity contribution in [3.63, 3.8) is 0 Å². The molecular weight excluding hydrogens is 438 g/mol. The normalized spacial score (nSPS) is 19.4. The molecule has 2 fully saturated rings. The van der Waals surface area contributed by atoms with Crippen LogP contribution in [0.4, 0.5) is 0 Å². The zero-order chi connectivity index (χ0) is 23.4. The zero-order valence-electron chi connectivity index (χ0n) is 19.0. The van der Waals surface area contributed by atoms with E-state index in [1.54, 1.807) is 53.4 Å². The fraction of sp³-hybridized carbons (Fsp3) is 0.423. The van der Waals surface area contributed by atoms with E-state index in [2.05, 4.69) is 11.8 Å². The Morgan fingerprint density at radius 1 is 0.879 bits per heavy atom. The second-order valence-corrected chi connectivity index (χ2v) is 9.32. The maximum Gasteiger partial charge on any atom is 0.254 e. The van der Waals surface area contributed by atoms with Crippen molar-refractivity contribution < 1.29 is 14.4 Å². The number of likely N-dealkylation sites (tertiary alicyclic amines) is 1. The first kappa shape index (κ1) is 23.5. The first-order valence-corrected chi connectivity index (χ1v) is 12.0. The lowest BCUT2D eigenvalue weighted by molar-refractivity contribution is -0.136. The van der Waals surface area contributed by atoms with Gasteiger partial charge in [0.25, 0.3) is 5.91 Å². The van der Waals surface area contributed by atoms with Crippen LogP contribution in [0.5, 0.6) is 0 Å². The number of nitrogens with zero attached hydrogens (tertiary/aromatic N) is 3. The summed E-state index contributed by atoms with van der Waals surface area (Å²) in [5.74, 6) is -0.167. The quantitative estimate of drug-likeness (QED) is 0.629. The number of halogens is 1. The topological polar surface area (TPSA) is 60.9 Å². The van der Waals surface area contributed by atoms with Crippen LogP contribution in [-0.4, -0.2) is 77.6 Å². The van der Waals surface area contributed by atoms with Crippen LogP contribution in [0.2, 0.25) is 5.02 Å². The Bertz CT molecular complexity index is 1020. The van der Waals surface area contributed by atoms with Crippen molar-refractivity contribution in [3.05, 3.63) is 70.2 Å². The number of amides is 2. The van der Waals surface area contributed by atoms with Gasteiger partial charge < -0.3 is 9.80 Å². The molecule has 2 aromatic rings. The van der Waals surface area contributed by atoms with Gasteiger partial charge in [-0.2, -0.15) is 0 Å². The van der Waals surface area contributed by atoms with E-state index in [1.807, 2.05) is 4.90 Å². The Morgan fingerprint density at radius 2 is 1.55 bits per heavy atom. The number of piperidine rings is 1. The van der Waals surface area contributed by atoms with Gasteiger partial charge in [-0.05, 0) is 56.5 Å². The van der Waals surface area contributed by atoms with E-state index in [0.717, 1.165) is 19.4 Å². The summed E-state index contributed by atoms with van der Waals surface area (Å²) in [5, 5.41) is 0.557. The van der Waals surface area contributed by atoms with Crippen LogP contribution in [0.1, 0.15) is 52.5 Å². The summed E-state index contributed by atoms with van der Waals surface area (Å²) >= 11 is 5.94. The average Bonchev–Trinajstić information content (AvgIpc) is 2.84. The van der Waals surface area contributed by atoms with Crippen molar-refractivity contribution in [2.45, 2.75) is 32.2 Å². The molecule has 7 heteroatoms. The van der Waals surface area contributed by atoms with Gasteiger partial charge >= 0.3 is 0 Å². The second-order valence-electron chi connectivity index (χ2n) is 8.88. The molecule has 2 saturated heterocycles. The van der Waals surface area contributed by atoms with Gasteiger partial charge in [0.2, 0.25) is 5.91 Å². The van der Waals surface area contributed by atoms with E-state index >= 15 is 0 Å². The number of carbonyl (C=O) groups excluding carboxylic acids is 3. The lowest BCUT2D eigenvalue weighted by atomic mass is 9.97. The molecule has 0 aliphatic carbocycles. The fourth-order valence-electron chi connectivity index (χ4n) is 4.65. The maximum atomic E-state index is 13.3. The van der Waals surface area contributed by atoms with Crippen molar-refractivity contribution in [2.75, 3.05) is 39.3 Å². The third-order valence-electron chi connectivity index (χ3n) is 6.65. The van der Waals surface area contributed by atoms with Crippen molar-refractivity contribution in [1.82, 2.24) is 14.7 Å². The van der Waals surface area contributed by atoms with Crippen LogP contribution in [0.15, 0.2) is 48.5 Å². The van der Waals surface area contributed by atoms with E-state index < -0.39 is 0 Å². The molecule has 2 heterocycles. The van der Waals surface area contributed by atoms with E-state index in [4.69, 9.17) is 11.6 Å². The summed E-state index contributed by atoms with van der Waals surface area (Å²) in [6, 6.07) is 13.9. The van der Waals surface area contributed by atoms with Crippen LogP contribution >= 0.6 is 11.6 Å². The van der Waals surface area contributed by atoms with Gasteiger partial charge in [0, 0.05) is 54.9 Å². The summed E-state index contributed by atoms with van der Waals surface area (Å²) in [5.41, 5.74) is 1.29. The number of carbonyl (C=O) groups is 3. The van der Waals surface area contributed by atoms with Gasteiger partial charge in [0.05, 0.1) is 12.1 Å². The molecule has 2 aliphatic heterocycles. The molecule has 1 unspecified atom stereocenters. The third kappa shape index (κ3) is 5.45. The number of ketones is 1. The highest BCUT2D eigenvalue weighted by Gasteiger charge is 2.29. The Balaban J connectivity index is 1.38. The van der Waals surface area contributed by atoms with Gasteiger partial charge in [-0.15, -0.1) is 0 Å². The number of hydrogen-bond acceptors (Lipinski definition) is 4. The highest BCUT2D eigenvalue weighted by atomic mass is 35.5. The minimum absolute atomic E-state index is 0.149. The fourth-order valence-corrected chi connectivity index (χ4v) is 4.78. The van der Waals surface area contributed by atoms with Gasteiger partial charge in [-0.1, -0.05) is 29.8 Å². The smallest absolute Gasteiger partial charge is 0.254 e. The Morgan fingerprint density at radius 3 is 2.21 bits per heavy atom. The monoisotopic (exact) mass is 467 g/mol. The molecule has 0 N–H and O–H groups in total. The number of rotatable bonds is 5. The second kappa shape index (κ2) is 10.5. The Hall–Kier alpha value is -2.70. The van der Waals surface area contributed by atoms with E-state index in [9.17, 15) is 14.4 Å². The molecule has 174 valence electrons. The molecule has 6 nitrogen and oxygen atoms in total. The predicted molar refractivity (Wildman–Crippen MR) is 129 cm³/mol. The molecule has 0 bridgehead atoms. The number of hydrogen-bond donors (Lipinski definition) is 0. The average molecular weight is 468 g/mol. The molecular formula is C26H30ClN3O3. The van der Waals surface area contributed by atoms with Crippen LogP contribution < -0.4 is 0 Å². The largest absolute Gasteiger partial charge is 0.339 e. The van der Waals surface area contributed by atoms with E-state index in [1.165, 1.54) is 6.42 Å². The van der Waals surface area contributed by atoms with Crippen molar-refractivity contribution in [2.24, 2.45) is 0 Å². The van der Waals surface area contributed by atoms with Gasteiger partial charge in [0.1, 0.15) is 0 Å². The first-order valence-electron chi connectivity index (χ1n) is 11.6. The molecule has 0 radical (unpaired) electrons. The molecule has 2 amide bonds. The van der Waals surface area contributed by atoms with Crippen molar-refractivity contribution >= 4 is 29.2 Å². The Kier molecular flexibility index (Phi) is 7.46. The highest BCUT2D eigenvalue weighted by molar-refractivity contribution is 6.30. The molecule has 0 aromatic heterocycles. The van der Waals surface area contributed by atoms with Gasteiger partial charge in [-0.3, -0.25) is 19.3 Å². The van der Waals surface area contributed by atoms with Gasteiger partial charge in [-0.25, -0.2) is 0 Å². The van der Waals surface area contributed by atoms with E-state index in [0.29, 0.717) is 60.5 Å². The lowest BCUT2D eigenvalue weighted by Gasteiger charge is -2.38. The highest BCUT2D eigenvalue weighted by Crippen LogP contribution is 2.20. The first-order chi connectivity index (χ1) is 15.9. The molecule has 33 heavy (non-hydrogen) atoms. The van der Waals surface area contributed by atoms with Crippen LogP contribution in [0.3, 0.4) is 0 Å². The number of piperazine rings is 1. The van der Waals surface area contributed by atoms with Crippen LogP contribution in [0.25, 0.3) is 0 Å². The SMILES string of the molecule is CC1CCCCN1C(=O)CN1CCN(C(=O)c2ccccc2C(=O)c2ccc(Cl)cc2)CC1. The van der Waals surface area contributed by atoms with Crippen LogP contribution in [0, 0.1) is 0 Å². The molecule has 2 aliphatic rings. The standard InChI is InChI=1S/C26H30ClN3O3/c1-19-6-4-5-13-30(19)24(31)18-28-14-16-29(17-15-28)26(33)23-8-3-2-7-22(23)25(32)20-9-11-21(27)12-10-20/h2-3,7-12,19H,4-6,13-18H2,1H3. The minimum atomic E-state index is -0.199. The summed E-state index contributed by atoms with van der Waals surface area (Å²) in [6.45, 7) is 5.72. The molecule has 0 saturated carbocycles. The van der Waals surface area contributed by atoms with Crippen LogP contribution in [-0.2, 0) is 4.79 Å². The third-order valence-corrected chi connectivity index (χ3v) is 6.90. The molecule has 1 atom stereocenters. The molecule has 0 spiro atoms. The lowest BCUT2D eigenvalue weighted by Crippen LogP contribution is -2.53. The minimum Gasteiger partial charge on any atom is -0.339 e. The maximum absolute atomic E-state index is 13.3. The summed E-state index contributed by atoms with van der Waals surface area (Å²) in [7, 11) is 0. The molecule has 2 aromatic carbocycles. The van der Waals surface area contributed by atoms with E-state index in [-0.39, 0.29) is 17.6 Å². The van der Waals surface area contributed by atoms with Crippen molar-refractivity contribution in [3.8, 4) is 0 Å².